The molecule has 1 aromatic rings. The molecule has 2 rings (SSSR count). The van der Waals surface area contributed by atoms with Crippen molar-refractivity contribution in [1.29, 1.82) is 0 Å². The van der Waals surface area contributed by atoms with Gasteiger partial charge in [0.1, 0.15) is 0 Å². The summed E-state index contributed by atoms with van der Waals surface area (Å²) in [4.78, 5) is 14.5. The fourth-order valence-corrected chi connectivity index (χ4v) is 2.52. The van der Waals surface area contributed by atoms with Crippen LogP contribution in [0.5, 0.6) is 0 Å². The number of carbonyl (C=O) groups excluding carboxylic acids is 1. The van der Waals surface area contributed by atoms with Gasteiger partial charge in [-0.3, -0.25) is 9.48 Å². The van der Waals surface area contributed by atoms with E-state index in [9.17, 15) is 4.79 Å². The summed E-state index contributed by atoms with van der Waals surface area (Å²) in [5.74, 6) is 0.108. The maximum absolute atomic E-state index is 12.6. The maximum atomic E-state index is 12.6. The van der Waals surface area contributed by atoms with Crippen LogP contribution in [0.4, 0.5) is 0 Å². The second-order valence-electron chi connectivity index (χ2n) is 6.12. The Kier molecular flexibility index (Phi) is 5.59. The molecule has 5 nitrogen and oxygen atoms in total. The molecule has 1 fully saturated rings. The Morgan fingerprint density at radius 1 is 1.30 bits per heavy atom. The highest BCUT2D eigenvalue weighted by Gasteiger charge is 2.24. The van der Waals surface area contributed by atoms with Gasteiger partial charge in [0.05, 0.1) is 17.3 Å². The molecule has 6 heteroatoms. The van der Waals surface area contributed by atoms with Crippen LogP contribution in [0.3, 0.4) is 0 Å². The van der Waals surface area contributed by atoms with Gasteiger partial charge in [-0.05, 0) is 40.7 Å². The maximum Gasteiger partial charge on any atom is 0.257 e. The molecule has 0 aromatic carbocycles. The minimum atomic E-state index is -0.0943. The molecule has 1 amide bonds. The number of hydrogen-bond donors (Lipinski definition) is 1. The Hall–Kier alpha value is -1.07. The van der Waals surface area contributed by atoms with Crippen LogP contribution in [0, 0.1) is 6.92 Å². The summed E-state index contributed by atoms with van der Waals surface area (Å²) in [7, 11) is 0. The highest BCUT2D eigenvalue weighted by molar-refractivity contribution is 5.95. The molecule has 1 saturated heterocycles. The van der Waals surface area contributed by atoms with Crippen molar-refractivity contribution in [2.24, 2.45) is 0 Å². The molecule has 0 spiro atoms. The predicted octanol–water partition coefficient (Wildman–Crippen LogP) is 1.80. The Morgan fingerprint density at radius 2 is 2.00 bits per heavy atom. The van der Waals surface area contributed by atoms with Crippen LogP contribution in [0.1, 0.15) is 43.2 Å². The molecule has 2 heterocycles. The first-order valence-corrected chi connectivity index (χ1v) is 6.96. The molecule has 1 aromatic heterocycles. The molecule has 0 radical (unpaired) electrons. The number of nitrogens with one attached hydrogen (secondary N) is 1. The lowest BCUT2D eigenvalue weighted by Gasteiger charge is -2.23. The number of rotatable bonds is 1. The standard InChI is InChI=1S/C14H24N4O.ClH/c1-11-12(10-16-18(11)14(2,3)4)13(19)17-8-5-6-15-7-9-17;/h10,15H,5-9H2,1-4H3;1H. The van der Waals surface area contributed by atoms with Gasteiger partial charge in [0.25, 0.3) is 5.91 Å². The molecule has 1 N–H and O–H groups in total. The molecule has 0 bridgehead atoms. The quantitative estimate of drug-likeness (QED) is 0.860. The number of hydrogen-bond acceptors (Lipinski definition) is 3. The second-order valence-corrected chi connectivity index (χ2v) is 6.12. The van der Waals surface area contributed by atoms with Crippen LogP contribution >= 0.6 is 12.4 Å². The van der Waals surface area contributed by atoms with Gasteiger partial charge in [0.15, 0.2) is 0 Å². The molecule has 0 saturated carbocycles. The van der Waals surface area contributed by atoms with E-state index in [1.54, 1.807) is 6.20 Å². The highest BCUT2D eigenvalue weighted by atomic mass is 35.5. The highest BCUT2D eigenvalue weighted by Crippen LogP contribution is 2.19. The van der Waals surface area contributed by atoms with Crippen LogP contribution in [-0.4, -0.2) is 46.8 Å². The van der Waals surface area contributed by atoms with E-state index in [4.69, 9.17) is 0 Å². The monoisotopic (exact) mass is 300 g/mol. The summed E-state index contributed by atoms with van der Waals surface area (Å²) in [6.07, 6.45) is 2.72. The van der Waals surface area contributed by atoms with E-state index >= 15 is 0 Å². The van der Waals surface area contributed by atoms with E-state index in [-0.39, 0.29) is 23.9 Å². The lowest BCUT2D eigenvalue weighted by molar-refractivity contribution is 0.0765. The third-order valence-corrected chi connectivity index (χ3v) is 3.50. The van der Waals surface area contributed by atoms with E-state index < -0.39 is 0 Å². The van der Waals surface area contributed by atoms with Crippen molar-refractivity contribution >= 4 is 18.3 Å². The first kappa shape index (κ1) is 17.0. The molecule has 20 heavy (non-hydrogen) atoms. The minimum absolute atomic E-state index is 0. The SMILES string of the molecule is Cc1c(C(=O)N2CCCNCC2)cnn1C(C)(C)C.Cl. The van der Waals surface area contributed by atoms with Gasteiger partial charge in [0.2, 0.25) is 0 Å². The number of amides is 1. The van der Waals surface area contributed by atoms with Crippen molar-refractivity contribution in [2.45, 2.75) is 39.7 Å². The van der Waals surface area contributed by atoms with Crippen LogP contribution < -0.4 is 5.32 Å². The smallest absolute Gasteiger partial charge is 0.257 e. The van der Waals surface area contributed by atoms with E-state index in [1.807, 2.05) is 16.5 Å². The van der Waals surface area contributed by atoms with Crippen molar-refractivity contribution in [3.63, 3.8) is 0 Å². The zero-order chi connectivity index (χ0) is 14.0. The Bertz CT molecular complexity index is 456. The molecule has 0 aliphatic carbocycles. The van der Waals surface area contributed by atoms with E-state index in [1.165, 1.54) is 0 Å². The summed E-state index contributed by atoms with van der Waals surface area (Å²) in [5, 5.41) is 7.69. The third-order valence-electron chi connectivity index (χ3n) is 3.50. The Labute approximate surface area is 127 Å². The van der Waals surface area contributed by atoms with Crippen LogP contribution in [0.2, 0.25) is 0 Å². The summed E-state index contributed by atoms with van der Waals surface area (Å²) in [6.45, 7) is 11.7. The van der Waals surface area contributed by atoms with Gasteiger partial charge in [-0.2, -0.15) is 5.10 Å². The molecule has 1 aliphatic rings. The van der Waals surface area contributed by atoms with Crippen LogP contribution in [0.15, 0.2) is 6.20 Å². The fraction of sp³-hybridized carbons (Fsp3) is 0.714. The molecule has 114 valence electrons. The lowest BCUT2D eigenvalue weighted by atomic mass is 10.1. The first-order valence-electron chi connectivity index (χ1n) is 6.96. The molecule has 0 unspecified atom stereocenters. The van der Waals surface area contributed by atoms with Gasteiger partial charge >= 0.3 is 0 Å². The summed E-state index contributed by atoms with van der Waals surface area (Å²) in [6, 6.07) is 0. The average Bonchev–Trinajstić information content (AvgIpc) is 2.57. The van der Waals surface area contributed by atoms with E-state index in [0.29, 0.717) is 0 Å². The zero-order valence-electron chi connectivity index (χ0n) is 12.8. The van der Waals surface area contributed by atoms with E-state index in [2.05, 4.69) is 31.2 Å². The largest absolute Gasteiger partial charge is 0.337 e. The van der Waals surface area contributed by atoms with Crippen molar-refractivity contribution < 1.29 is 4.79 Å². The van der Waals surface area contributed by atoms with Gasteiger partial charge in [-0.1, -0.05) is 0 Å². The predicted molar refractivity (Wildman–Crippen MR) is 82.6 cm³/mol. The second kappa shape index (κ2) is 6.59. The average molecular weight is 301 g/mol. The number of nitrogens with zero attached hydrogens (tertiary/aromatic N) is 3. The lowest BCUT2D eigenvalue weighted by Crippen LogP contribution is -2.34. The summed E-state index contributed by atoms with van der Waals surface area (Å²) < 4.78 is 1.93. The van der Waals surface area contributed by atoms with Gasteiger partial charge in [-0.25, -0.2) is 0 Å². The molecular weight excluding hydrogens is 276 g/mol. The molecular formula is C14H25ClN4O. The fourth-order valence-electron chi connectivity index (χ4n) is 2.52. The van der Waals surface area contributed by atoms with Gasteiger partial charge < -0.3 is 10.2 Å². The Morgan fingerprint density at radius 3 is 2.60 bits per heavy atom. The topological polar surface area (TPSA) is 50.2 Å². The van der Waals surface area contributed by atoms with Gasteiger partial charge in [0, 0.05) is 25.3 Å². The minimum Gasteiger partial charge on any atom is -0.337 e. The zero-order valence-corrected chi connectivity index (χ0v) is 13.6. The van der Waals surface area contributed by atoms with Crippen LogP contribution in [-0.2, 0) is 5.54 Å². The third kappa shape index (κ3) is 3.52. The Balaban J connectivity index is 0.00000200. The van der Waals surface area contributed by atoms with Crippen molar-refractivity contribution in [2.75, 3.05) is 26.2 Å². The van der Waals surface area contributed by atoms with Crippen LogP contribution in [0.25, 0.3) is 0 Å². The number of aromatic nitrogens is 2. The number of carbonyl (C=O) groups is 1. The van der Waals surface area contributed by atoms with E-state index in [0.717, 1.165) is 43.9 Å². The van der Waals surface area contributed by atoms with Crippen molar-refractivity contribution in [3.8, 4) is 0 Å². The molecule has 1 aliphatic heterocycles. The number of halogens is 1. The summed E-state index contributed by atoms with van der Waals surface area (Å²) >= 11 is 0. The van der Waals surface area contributed by atoms with Gasteiger partial charge in [-0.15, -0.1) is 12.4 Å². The first-order chi connectivity index (χ1) is 8.91. The van der Waals surface area contributed by atoms with Crippen molar-refractivity contribution in [1.82, 2.24) is 20.0 Å². The summed E-state index contributed by atoms with van der Waals surface area (Å²) in [5.41, 5.74) is 1.59. The molecule has 0 atom stereocenters. The van der Waals surface area contributed by atoms with Crippen molar-refractivity contribution in [3.05, 3.63) is 17.5 Å². The normalized spacial score (nSPS) is 16.5.